The lowest BCUT2D eigenvalue weighted by Gasteiger charge is -2.04. The molecule has 0 fully saturated rings. The standard InChI is InChI=1S/C27H18F2N8O/c1-36-13-20(26(35-36)17-4-8-19(29)9-5-17)21-10-11-25-32-24(14-37(25)34-21)33-27(38)23-12-22(30-15-31-23)16-2-6-18(28)7-3-16/h2-15H,1H3,(H,33,38). The molecule has 4 aromatic heterocycles. The average molecular weight is 508 g/mol. The lowest BCUT2D eigenvalue weighted by atomic mass is 10.1. The Kier molecular flexibility index (Phi) is 5.64. The van der Waals surface area contributed by atoms with E-state index in [1.54, 1.807) is 58.8 Å². The van der Waals surface area contributed by atoms with E-state index in [0.29, 0.717) is 28.3 Å². The summed E-state index contributed by atoms with van der Waals surface area (Å²) in [5, 5.41) is 11.9. The Morgan fingerprint density at radius 1 is 0.816 bits per heavy atom. The van der Waals surface area contributed by atoms with Crippen LogP contribution in [0.25, 0.3) is 39.4 Å². The molecule has 4 heterocycles. The van der Waals surface area contributed by atoms with Crippen molar-refractivity contribution in [3.8, 4) is 33.8 Å². The number of amides is 1. The smallest absolute Gasteiger partial charge is 0.275 e. The summed E-state index contributed by atoms with van der Waals surface area (Å²) in [6.07, 6.45) is 4.70. The topological polar surface area (TPSA) is 103 Å². The number of carbonyl (C=O) groups is 1. The Bertz CT molecular complexity index is 1790. The lowest BCUT2D eigenvalue weighted by Crippen LogP contribution is -2.14. The Labute approximate surface area is 214 Å². The van der Waals surface area contributed by atoms with E-state index in [0.717, 1.165) is 11.1 Å². The number of nitrogens with one attached hydrogen (secondary N) is 1. The van der Waals surface area contributed by atoms with E-state index in [-0.39, 0.29) is 23.1 Å². The van der Waals surface area contributed by atoms with Crippen molar-refractivity contribution >= 4 is 17.4 Å². The van der Waals surface area contributed by atoms with Crippen LogP contribution in [0.4, 0.5) is 14.6 Å². The van der Waals surface area contributed by atoms with E-state index in [1.807, 2.05) is 6.20 Å². The number of benzene rings is 2. The number of hydrogen-bond donors (Lipinski definition) is 1. The highest BCUT2D eigenvalue weighted by Crippen LogP contribution is 2.30. The van der Waals surface area contributed by atoms with Gasteiger partial charge >= 0.3 is 0 Å². The summed E-state index contributed by atoms with van der Waals surface area (Å²) in [4.78, 5) is 25.5. The summed E-state index contributed by atoms with van der Waals surface area (Å²) in [6.45, 7) is 0. The molecule has 9 nitrogen and oxygen atoms in total. The highest BCUT2D eigenvalue weighted by Gasteiger charge is 2.16. The number of hydrogen-bond acceptors (Lipinski definition) is 6. The first-order valence-electron chi connectivity index (χ1n) is 11.5. The zero-order valence-corrected chi connectivity index (χ0v) is 19.9. The first-order chi connectivity index (χ1) is 18.4. The molecule has 11 heteroatoms. The molecule has 0 saturated carbocycles. The van der Waals surface area contributed by atoms with Crippen LogP contribution >= 0.6 is 0 Å². The summed E-state index contributed by atoms with van der Waals surface area (Å²) in [6, 6.07) is 17.0. The minimum atomic E-state index is -0.481. The van der Waals surface area contributed by atoms with Gasteiger partial charge in [-0.1, -0.05) is 0 Å². The van der Waals surface area contributed by atoms with E-state index in [4.69, 9.17) is 0 Å². The van der Waals surface area contributed by atoms with Gasteiger partial charge in [0.25, 0.3) is 5.91 Å². The van der Waals surface area contributed by atoms with Crippen LogP contribution in [-0.2, 0) is 7.05 Å². The van der Waals surface area contributed by atoms with Gasteiger partial charge in [0, 0.05) is 29.9 Å². The van der Waals surface area contributed by atoms with Crippen molar-refractivity contribution in [1.29, 1.82) is 0 Å². The molecule has 0 radical (unpaired) electrons. The molecule has 0 aliphatic rings. The van der Waals surface area contributed by atoms with Crippen molar-refractivity contribution in [2.24, 2.45) is 7.05 Å². The van der Waals surface area contributed by atoms with Crippen LogP contribution in [-0.4, -0.2) is 40.3 Å². The number of fused-ring (bicyclic) bond motifs is 1. The maximum Gasteiger partial charge on any atom is 0.275 e. The first kappa shape index (κ1) is 23.1. The highest BCUT2D eigenvalue weighted by molar-refractivity contribution is 6.02. The Hall–Kier alpha value is -5.32. The van der Waals surface area contributed by atoms with Gasteiger partial charge in [0.05, 0.1) is 17.6 Å². The molecule has 1 N–H and O–H groups in total. The van der Waals surface area contributed by atoms with Gasteiger partial charge in [-0.05, 0) is 66.7 Å². The lowest BCUT2D eigenvalue weighted by molar-refractivity contribution is 0.102. The minimum Gasteiger partial charge on any atom is -0.304 e. The molecule has 0 aliphatic carbocycles. The molecule has 0 saturated heterocycles. The third-order valence-electron chi connectivity index (χ3n) is 5.82. The van der Waals surface area contributed by atoms with Gasteiger partial charge in [-0.2, -0.15) is 10.2 Å². The highest BCUT2D eigenvalue weighted by atomic mass is 19.1. The van der Waals surface area contributed by atoms with Gasteiger partial charge in [0.1, 0.15) is 29.3 Å². The van der Waals surface area contributed by atoms with Crippen molar-refractivity contribution in [2.45, 2.75) is 0 Å². The molecule has 2 aromatic carbocycles. The van der Waals surface area contributed by atoms with Crippen molar-refractivity contribution in [1.82, 2.24) is 34.3 Å². The summed E-state index contributed by atoms with van der Waals surface area (Å²) in [7, 11) is 1.80. The summed E-state index contributed by atoms with van der Waals surface area (Å²) >= 11 is 0. The van der Waals surface area contributed by atoms with Crippen LogP contribution < -0.4 is 5.32 Å². The van der Waals surface area contributed by atoms with Crippen LogP contribution in [0.1, 0.15) is 10.5 Å². The van der Waals surface area contributed by atoms with E-state index in [1.165, 1.54) is 36.7 Å². The number of imidazole rings is 1. The Morgan fingerprint density at radius 2 is 1.53 bits per heavy atom. The molecular weight excluding hydrogens is 490 g/mol. The van der Waals surface area contributed by atoms with Crippen LogP contribution in [0.15, 0.2) is 85.5 Å². The van der Waals surface area contributed by atoms with E-state index < -0.39 is 5.91 Å². The van der Waals surface area contributed by atoms with E-state index in [9.17, 15) is 13.6 Å². The predicted octanol–water partition coefficient (Wildman–Crippen LogP) is 4.78. The fourth-order valence-corrected chi connectivity index (χ4v) is 4.02. The second kappa shape index (κ2) is 9.28. The molecule has 0 unspecified atom stereocenters. The zero-order chi connectivity index (χ0) is 26.2. The molecule has 0 bridgehead atoms. The van der Waals surface area contributed by atoms with E-state index in [2.05, 4.69) is 30.5 Å². The molecule has 1 amide bonds. The molecular formula is C27H18F2N8O. The van der Waals surface area contributed by atoms with Gasteiger partial charge < -0.3 is 5.32 Å². The van der Waals surface area contributed by atoms with Gasteiger partial charge in [0.15, 0.2) is 11.5 Å². The fraction of sp³-hybridized carbons (Fsp3) is 0.0370. The van der Waals surface area contributed by atoms with Crippen molar-refractivity contribution in [3.05, 3.63) is 103 Å². The molecule has 186 valence electrons. The SMILES string of the molecule is Cn1cc(-c2ccc3nc(NC(=O)c4cc(-c5ccc(F)cc5)ncn4)cn3n2)c(-c2ccc(F)cc2)n1. The van der Waals surface area contributed by atoms with E-state index >= 15 is 0 Å². The fourth-order valence-electron chi connectivity index (χ4n) is 4.02. The van der Waals surface area contributed by atoms with Gasteiger partial charge in [0.2, 0.25) is 0 Å². The number of rotatable bonds is 5. The number of anilines is 1. The monoisotopic (exact) mass is 508 g/mol. The minimum absolute atomic E-state index is 0.129. The van der Waals surface area contributed by atoms with Crippen LogP contribution in [0.3, 0.4) is 0 Å². The van der Waals surface area contributed by atoms with Crippen LogP contribution in [0, 0.1) is 11.6 Å². The van der Waals surface area contributed by atoms with Gasteiger partial charge in [-0.15, -0.1) is 0 Å². The van der Waals surface area contributed by atoms with Gasteiger partial charge in [-0.25, -0.2) is 28.2 Å². The van der Waals surface area contributed by atoms with Crippen LogP contribution in [0.2, 0.25) is 0 Å². The first-order valence-corrected chi connectivity index (χ1v) is 11.5. The second-order valence-corrected chi connectivity index (χ2v) is 8.47. The van der Waals surface area contributed by atoms with Crippen molar-refractivity contribution in [2.75, 3.05) is 5.32 Å². The Morgan fingerprint density at radius 3 is 2.26 bits per heavy atom. The number of nitrogens with zero attached hydrogens (tertiary/aromatic N) is 7. The maximum atomic E-state index is 13.4. The number of carbonyl (C=O) groups excluding carboxylic acids is 1. The summed E-state index contributed by atoms with van der Waals surface area (Å²) in [5.41, 5.74) is 4.59. The zero-order valence-electron chi connectivity index (χ0n) is 19.9. The van der Waals surface area contributed by atoms with Crippen LogP contribution in [0.5, 0.6) is 0 Å². The molecule has 38 heavy (non-hydrogen) atoms. The average Bonchev–Trinajstić information content (AvgIpc) is 3.51. The van der Waals surface area contributed by atoms with Gasteiger partial charge in [-0.3, -0.25) is 9.48 Å². The predicted molar refractivity (Wildman–Crippen MR) is 136 cm³/mol. The molecule has 0 spiro atoms. The third kappa shape index (κ3) is 4.48. The van der Waals surface area contributed by atoms with Crippen molar-refractivity contribution in [3.63, 3.8) is 0 Å². The normalized spacial score (nSPS) is 11.1. The quantitative estimate of drug-likeness (QED) is 0.359. The number of aryl methyl sites for hydroxylation is 1. The summed E-state index contributed by atoms with van der Waals surface area (Å²) < 4.78 is 29.9. The largest absolute Gasteiger partial charge is 0.304 e. The number of halogens is 2. The Balaban J connectivity index is 1.27. The maximum absolute atomic E-state index is 13.4. The second-order valence-electron chi connectivity index (χ2n) is 8.47. The number of aromatic nitrogens is 7. The summed E-state index contributed by atoms with van der Waals surface area (Å²) in [5.74, 6) is -0.885. The molecule has 0 atom stereocenters. The molecule has 0 aliphatic heterocycles. The molecule has 6 rings (SSSR count). The van der Waals surface area contributed by atoms with Crippen molar-refractivity contribution < 1.29 is 13.6 Å². The molecule has 6 aromatic rings. The third-order valence-corrected chi connectivity index (χ3v) is 5.82.